The normalized spacial score (nSPS) is 10.5. The summed E-state index contributed by atoms with van der Waals surface area (Å²) in [5.74, 6) is 0. The zero-order chi connectivity index (χ0) is 16.1. The highest BCUT2D eigenvalue weighted by Crippen LogP contribution is 2.20. The maximum absolute atomic E-state index is 12.0. The molecule has 0 fully saturated rings. The van der Waals surface area contributed by atoms with Crippen LogP contribution >= 0.6 is 11.6 Å². The second-order valence-electron chi connectivity index (χ2n) is 5.14. The van der Waals surface area contributed by atoms with Crippen LogP contribution < -0.4 is 10.6 Å². The summed E-state index contributed by atoms with van der Waals surface area (Å²) in [6, 6.07) is 16.9. The number of urea groups is 1. The van der Waals surface area contributed by atoms with Crippen LogP contribution in [0.3, 0.4) is 0 Å². The molecule has 2 amide bonds. The minimum absolute atomic E-state index is 0.245. The largest absolute Gasteiger partial charge is 0.338 e. The number of carbonyl (C=O) groups excluding carboxylic acids is 1. The number of para-hydroxylation sites is 1. The minimum Gasteiger partial charge on any atom is -0.338 e. The first-order valence-electron chi connectivity index (χ1n) is 7.35. The highest BCUT2D eigenvalue weighted by atomic mass is 35.5. The van der Waals surface area contributed by atoms with Crippen molar-refractivity contribution in [2.75, 3.05) is 11.9 Å². The Morgan fingerprint density at radius 3 is 2.78 bits per heavy atom. The summed E-state index contributed by atoms with van der Waals surface area (Å²) in [6.45, 7) is 0.532. The SMILES string of the molecule is O=C(NCCc1cccc(Cl)c1)Nc1cccc2cccnc12. The number of pyridine rings is 1. The van der Waals surface area contributed by atoms with E-state index in [4.69, 9.17) is 11.6 Å². The van der Waals surface area contributed by atoms with Gasteiger partial charge in [0.25, 0.3) is 0 Å². The highest BCUT2D eigenvalue weighted by Gasteiger charge is 2.05. The first kappa shape index (κ1) is 15.3. The van der Waals surface area contributed by atoms with Crippen LogP contribution in [0.5, 0.6) is 0 Å². The molecule has 5 heteroatoms. The Labute approximate surface area is 139 Å². The summed E-state index contributed by atoms with van der Waals surface area (Å²) < 4.78 is 0. The molecule has 0 unspecified atom stereocenters. The third-order valence-corrected chi connectivity index (χ3v) is 3.70. The van der Waals surface area contributed by atoms with Gasteiger partial charge >= 0.3 is 6.03 Å². The fourth-order valence-electron chi connectivity index (χ4n) is 2.38. The number of aromatic nitrogens is 1. The zero-order valence-corrected chi connectivity index (χ0v) is 13.2. The molecule has 0 aliphatic heterocycles. The lowest BCUT2D eigenvalue weighted by Crippen LogP contribution is -2.30. The fraction of sp³-hybridized carbons (Fsp3) is 0.111. The molecule has 0 aliphatic carbocycles. The van der Waals surface area contributed by atoms with Gasteiger partial charge in [-0.25, -0.2) is 4.79 Å². The van der Waals surface area contributed by atoms with Gasteiger partial charge in [0.05, 0.1) is 11.2 Å². The topological polar surface area (TPSA) is 54.0 Å². The van der Waals surface area contributed by atoms with Gasteiger partial charge in [0, 0.05) is 23.2 Å². The molecule has 0 aliphatic rings. The van der Waals surface area contributed by atoms with Crippen molar-refractivity contribution in [2.24, 2.45) is 0 Å². The van der Waals surface area contributed by atoms with Crippen LogP contribution in [-0.4, -0.2) is 17.6 Å². The Bertz CT molecular complexity index is 830. The van der Waals surface area contributed by atoms with E-state index in [2.05, 4.69) is 15.6 Å². The van der Waals surface area contributed by atoms with Gasteiger partial charge in [-0.15, -0.1) is 0 Å². The molecule has 116 valence electrons. The average Bonchev–Trinajstić information content (AvgIpc) is 2.55. The van der Waals surface area contributed by atoms with E-state index < -0.39 is 0 Å². The van der Waals surface area contributed by atoms with E-state index in [1.807, 2.05) is 54.6 Å². The fourth-order valence-corrected chi connectivity index (χ4v) is 2.60. The standard InChI is InChI=1S/C18H16ClN3O/c19-15-7-1-4-13(12-15)9-11-21-18(23)22-16-8-2-5-14-6-3-10-20-17(14)16/h1-8,10,12H,9,11H2,(H2,21,22,23). The van der Waals surface area contributed by atoms with E-state index in [-0.39, 0.29) is 6.03 Å². The molecule has 3 rings (SSSR count). The van der Waals surface area contributed by atoms with E-state index in [0.29, 0.717) is 17.3 Å². The Kier molecular flexibility index (Phi) is 4.74. The van der Waals surface area contributed by atoms with Crippen molar-refractivity contribution in [1.29, 1.82) is 0 Å². The summed E-state index contributed by atoms with van der Waals surface area (Å²) in [5, 5.41) is 7.38. The Hall–Kier alpha value is -2.59. The number of hydrogen-bond acceptors (Lipinski definition) is 2. The van der Waals surface area contributed by atoms with Crippen LogP contribution in [-0.2, 0) is 6.42 Å². The van der Waals surface area contributed by atoms with Gasteiger partial charge in [-0.1, -0.05) is 41.9 Å². The third-order valence-electron chi connectivity index (χ3n) is 3.47. The molecular formula is C18H16ClN3O. The number of nitrogens with one attached hydrogen (secondary N) is 2. The zero-order valence-electron chi connectivity index (χ0n) is 12.4. The van der Waals surface area contributed by atoms with Crippen LogP contribution in [0.2, 0.25) is 5.02 Å². The number of hydrogen-bond donors (Lipinski definition) is 2. The molecule has 0 radical (unpaired) electrons. The number of benzene rings is 2. The van der Waals surface area contributed by atoms with Crippen LogP contribution in [0.15, 0.2) is 60.8 Å². The van der Waals surface area contributed by atoms with Crippen LogP contribution in [0, 0.1) is 0 Å². The number of halogens is 1. The molecule has 1 heterocycles. The number of carbonyl (C=O) groups is 1. The first-order chi connectivity index (χ1) is 11.2. The lowest BCUT2D eigenvalue weighted by atomic mass is 10.1. The number of fused-ring (bicyclic) bond motifs is 1. The van der Waals surface area contributed by atoms with Crippen LogP contribution in [0.1, 0.15) is 5.56 Å². The Morgan fingerprint density at radius 2 is 1.91 bits per heavy atom. The smallest absolute Gasteiger partial charge is 0.319 e. The van der Waals surface area contributed by atoms with Gasteiger partial charge in [0.2, 0.25) is 0 Å². The minimum atomic E-state index is -0.245. The van der Waals surface area contributed by atoms with Crippen molar-refractivity contribution in [2.45, 2.75) is 6.42 Å². The molecule has 2 aromatic carbocycles. The predicted molar refractivity (Wildman–Crippen MR) is 93.9 cm³/mol. The first-order valence-corrected chi connectivity index (χ1v) is 7.73. The summed E-state index contributed by atoms with van der Waals surface area (Å²) in [5.41, 5.74) is 2.56. The molecule has 0 bridgehead atoms. The number of anilines is 1. The summed E-state index contributed by atoms with van der Waals surface area (Å²) in [6.07, 6.45) is 2.44. The summed E-state index contributed by atoms with van der Waals surface area (Å²) in [7, 11) is 0. The number of rotatable bonds is 4. The lowest BCUT2D eigenvalue weighted by molar-refractivity contribution is 0.252. The van der Waals surface area contributed by atoms with Gasteiger partial charge in [-0.2, -0.15) is 0 Å². The monoisotopic (exact) mass is 325 g/mol. The lowest BCUT2D eigenvalue weighted by Gasteiger charge is -2.09. The molecule has 3 aromatic rings. The van der Waals surface area contributed by atoms with Crippen molar-refractivity contribution in [3.05, 3.63) is 71.4 Å². The average molecular weight is 326 g/mol. The molecule has 1 aromatic heterocycles. The molecule has 0 saturated carbocycles. The highest BCUT2D eigenvalue weighted by molar-refractivity contribution is 6.30. The Morgan fingerprint density at radius 1 is 1.09 bits per heavy atom. The molecule has 0 saturated heterocycles. The second-order valence-corrected chi connectivity index (χ2v) is 5.58. The van der Waals surface area contributed by atoms with E-state index in [9.17, 15) is 4.79 Å². The van der Waals surface area contributed by atoms with E-state index in [1.165, 1.54) is 0 Å². The van der Waals surface area contributed by atoms with Crippen molar-refractivity contribution in [3.63, 3.8) is 0 Å². The van der Waals surface area contributed by atoms with Gasteiger partial charge in [-0.05, 0) is 36.2 Å². The number of amides is 2. The van der Waals surface area contributed by atoms with Gasteiger partial charge < -0.3 is 10.6 Å². The van der Waals surface area contributed by atoms with Crippen molar-refractivity contribution in [1.82, 2.24) is 10.3 Å². The molecule has 2 N–H and O–H groups in total. The maximum Gasteiger partial charge on any atom is 0.319 e. The molecule has 23 heavy (non-hydrogen) atoms. The predicted octanol–water partition coefficient (Wildman–Crippen LogP) is 4.25. The summed E-state index contributed by atoms with van der Waals surface area (Å²) in [4.78, 5) is 16.4. The van der Waals surface area contributed by atoms with Gasteiger partial charge in [0.1, 0.15) is 0 Å². The molecule has 0 spiro atoms. The molecule has 4 nitrogen and oxygen atoms in total. The Balaban J connectivity index is 1.59. The van der Waals surface area contributed by atoms with Crippen molar-refractivity contribution in [3.8, 4) is 0 Å². The van der Waals surface area contributed by atoms with Crippen molar-refractivity contribution >= 4 is 34.2 Å². The second kappa shape index (κ2) is 7.11. The van der Waals surface area contributed by atoms with Gasteiger partial charge in [0.15, 0.2) is 0 Å². The number of nitrogens with zero attached hydrogens (tertiary/aromatic N) is 1. The van der Waals surface area contributed by atoms with E-state index >= 15 is 0 Å². The molecule has 0 atom stereocenters. The van der Waals surface area contributed by atoms with Crippen LogP contribution in [0.25, 0.3) is 10.9 Å². The maximum atomic E-state index is 12.0. The van der Waals surface area contributed by atoms with Gasteiger partial charge in [-0.3, -0.25) is 4.98 Å². The quantitative estimate of drug-likeness (QED) is 0.753. The van der Waals surface area contributed by atoms with E-state index in [1.54, 1.807) is 6.20 Å². The summed E-state index contributed by atoms with van der Waals surface area (Å²) >= 11 is 5.94. The van der Waals surface area contributed by atoms with E-state index in [0.717, 1.165) is 22.9 Å². The van der Waals surface area contributed by atoms with Crippen LogP contribution in [0.4, 0.5) is 10.5 Å². The third kappa shape index (κ3) is 3.99. The molecular weight excluding hydrogens is 310 g/mol. The van der Waals surface area contributed by atoms with Crippen molar-refractivity contribution < 1.29 is 4.79 Å².